The molecule has 0 fully saturated rings. The van der Waals surface area contributed by atoms with Gasteiger partial charge >= 0.3 is 7.60 Å². The van der Waals surface area contributed by atoms with E-state index >= 15 is 0 Å². The highest BCUT2D eigenvalue weighted by Crippen LogP contribution is 2.33. The van der Waals surface area contributed by atoms with Crippen LogP contribution in [0.25, 0.3) is 11.2 Å². The number of hydrogen-bond donors (Lipinski definition) is 3. The van der Waals surface area contributed by atoms with E-state index in [0.29, 0.717) is 17.8 Å². The molecule has 138 valence electrons. The molecule has 2 rings (SSSR count). The number of carbonyl (C=O) groups is 1. The molecule has 0 bridgehead atoms. The van der Waals surface area contributed by atoms with Crippen molar-refractivity contribution < 1.29 is 28.7 Å². The summed E-state index contributed by atoms with van der Waals surface area (Å²) in [5.74, 6) is -0.522. The molecule has 0 atom stereocenters. The standard InChI is InChI=1S/C13H20N5O6P/c1-2-3-5-24-17-13(19)11-10-12(15-7-14-11)18(8-16-10)4-6-23-9-25(20,21)22/h7-8H,2-6,9H2,1H3,(H,17,19)(H2,20,21,22). The van der Waals surface area contributed by atoms with Crippen molar-refractivity contribution in [3.63, 3.8) is 0 Å². The molecule has 0 aliphatic carbocycles. The van der Waals surface area contributed by atoms with Gasteiger partial charge < -0.3 is 19.1 Å². The van der Waals surface area contributed by atoms with Crippen molar-refractivity contribution in [2.45, 2.75) is 26.3 Å². The maximum Gasteiger partial charge on any atom is 0.350 e. The lowest BCUT2D eigenvalue weighted by molar-refractivity contribution is 0.0299. The number of aromatic nitrogens is 4. The Balaban J connectivity index is 2.01. The summed E-state index contributed by atoms with van der Waals surface area (Å²) in [4.78, 5) is 46.8. The molecule has 0 spiro atoms. The van der Waals surface area contributed by atoms with Crippen molar-refractivity contribution in [2.75, 3.05) is 19.6 Å². The number of nitrogens with one attached hydrogen (secondary N) is 1. The van der Waals surface area contributed by atoms with Gasteiger partial charge in [0.1, 0.15) is 18.2 Å². The normalized spacial score (nSPS) is 11.8. The number of carbonyl (C=O) groups excluding carboxylic acids is 1. The first-order valence-corrected chi connectivity index (χ1v) is 9.42. The van der Waals surface area contributed by atoms with Crippen molar-refractivity contribution in [3.8, 4) is 0 Å². The van der Waals surface area contributed by atoms with Gasteiger partial charge in [-0.2, -0.15) is 0 Å². The van der Waals surface area contributed by atoms with Crippen LogP contribution in [0.5, 0.6) is 0 Å². The third kappa shape index (κ3) is 5.83. The van der Waals surface area contributed by atoms with Crippen LogP contribution in [-0.2, 0) is 20.7 Å². The molecule has 0 aromatic carbocycles. The maximum atomic E-state index is 12.1. The number of ether oxygens (including phenoxy) is 1. The minimum Gasteiger partial charge on any atom is -0.367 e. The first-order valence-electron chi connectivity index (χ1n) is 7.62. The molecule has 0 saturated heterocycles. The largest absolute Gasteiger partial charge is 0.367 e. The molecule has 0 radical (unpaired) electrons. The van der Waals surface area contributed by atoms with Gasteiger partial charge in [-0.25, -0.2) is 20.4 Å². The van der Waals surface area contributed by atoms with E-state index in [1.165, 1.54) is 12.7 Å². The van der Waals surface area contributed by atoms with Crippen LogP contribution in [0.2, 0.25) is 0 Å². The van der Waals surface area contributed by atoms with Gasteiger partial charge in [0.2, 0.25) is 0 Å². The van der Waals surface area contributed by atoms with Gasteiger partial charge in [0, 0.05) is 6.54 Å². The molecule has 0 unspecified atom stereocenters. The molecule has 12 heteroatoms. The van der Waals surface area contributed by atoms with E-state index in [-0.39, 0.29) is 18.8 Å². The van der Waals surface area contributed by atoms with Crippen LogP contribution in [-0.4, -0.2) is 54.8 Å². The zero-order valence-electron chi connectivity index (χ0n) is 13.7. The highest BCUT2D eigenvalue weighted by atomic mass is 31.2. The van der Waals surface area contributed by atoms with E-state index in [0.717, 1.165) is 12.8 Å². The molecule has 0 aliphatic rings. The molecule has 1 amide bonds. The van der Waals surface area contributed by atoms with Crippen LogP contribution >= 0.6 is 7.60 Å². The van der Waals surface area contributed by atoms with E-state index in [1.54, 1.807) is 4.57 Å². The Morgan fingerprint density at radius 3 is 2.84 bits per heavy atom. The third-order valence-electron chi connectivity index (χ3n) is 3.12. The molecule has 2 heterocycles. The second kappa shape index (κ2) is 8.97. The van der Waals surface area contributed by atoms with Gasteiger partial charge in [-0.05, 0) is 6.42 Å². The molecular weight excluding hydrogens is 353 g/mol. The third-order valence-corrected chi connectivity index (χ3v) is 3.64. The van der Waals surface area contributed by atoms with Gasteiger partial charge in [0.15, 0.2) is 11.3 Å². The Kier molecular flexibility index (Phi) is 6.97. The van der Waals surface area contributed by atoms with Crippen LogP contribution < -0.4 is 5.48 Å². The summed E-state index contributed by atoms with van der Waals surface area (Å²) >= 11 is 0. The molecule has 11 nitrogen and oxygen atoms in total. The van der Waals surface area contributed by atoms with Crippen molar-refractivity contribution in [1.82, 2.24) is 25.0 Å². The molecule has 25 heavy (non-hydrogen) atoms. The summed E-state index contributed by atoms with van der Waals surface area (Å²) in [7, 11) is -4.20. The number of amides is 1. The second-order valence-corrected chi connectivity index (χ2v) is 6.76. The van der Waals surface area contributed by atoms with Crippen molar-refractivity contribution >= 4 is 24.7 Å². The van der Waals surface area contributed by atoms with Crippen molar-refractivity contribution in [2.24, 2.45) is 0 Å². The number of unbranched alkanes of at least 4 members (excludes halogenated alkanes) is 1. The molecule has 2 aromatic rings. The minimum absolute atomic E-state index is 0.0578. The van der Waals surface area contributed by atoms with Crippen LogP contribution in [0, 0.1) is 0 Å². The molecule has 0 aliphatic heterocycles. The quantitative estimate of drug-likeness (QED) is 0.306. The number of hydroxylamine groups is 1. The summed E-state index contributed by atoms with van der Waals surface area (Å²) in [5.41, 5.74) is 3.11. The Morgan fingerprint density at radius 1 is 1.32 bits per heavy atom. The van der Waals surface area contributed by atoms with E-state index in [9.17, 15) is 9.36 Å². The highest BCUT2D eigenvalue weighted by molar-refractivity contribution is 7.51. The Hall–Kier alpha value is -1.91. The lowest BCUT2D eigenvalue weighted by Crippen LogP contribution is -2.25. The molecule has 3 N–H and O–H groups in total. The zero-order valence-corrected chi connectivity index (χ0v) is 14.6. The van der Waals surface area contributed by atoms with Crippen LogP contribution in [0.1, 0.15) is 30.3 Å². The highest BCUT2D eigenvalue weighted by Gasteiger charge is 2.17. The maximum absolute atomic E-state index is 12.1. The summed E-state index contributed by atoms with van der Waals surface area (Å²) < 4.78 is 17.2. The number of rotatable bonds is 10. The Morgan fingerprint density at radius 2 is 2.12 bits per heavy atom. The lowest BCUT2D eigenvalue weighted by Gasteiger charge is -2.07. The number of nitrogens with zero attached hydrogens (tertiary/aromatic N) is 4. The van der Waals surface area contributed by atoms with E-state index < -0.39 is 19.9 Å². The summed E-state index contributed by atoms with van der Waals surface area (Å²) in [6.07, 6.45) is 3.80. The summed E-state index contributed by atoms with van der Waals surface area (Å²) in [6, 6.07) is 0. The fourth-order valence-electron chi connectivity index (χ4n) is 1.94. The van der Waals surface area contributed by atoms with E-state index in [1.807, 2.05) is 6.92 Å². The van der Waals surface area contributed by atoms with Crippen LogP contribution in [0.15, 0.2) is 12.7 Å². The topological polar surface area (TPSA) is 149 Å². The smallest absolute Gasteiger partial charge is 0.350 e. The summed E-state index contributed by atoms with van der Waals surface area (Å²) in [6.45, 7) is 2.74. The average molecular weight is 373 g/mol. The van der Waals surface area contributed by atoms with Crippen LogP contribution in [0.4, 0.5) is 0 Å². The zero-order chi connectivity index (χ0) is 18.3. The fourth-order valence-corrected chi connectivity index (χ4v) is 2.31. The number of hydrogen-bond acceptors (Lipinski definition) is 7. The Labute approximate surface area is 143 Å². The second-order valence-electron chi connectivity index (χ2n) is 5.17. The van der Waals surface area contributed by atoms with E-state index in [2.05, 4.69) is 20.4 Å². The predicted octanol–water partition coefficient (Wildman–Crippen LogP) is 0.440. The monoisotopic (exact) mass is 373 g/mol. The van der Waals surface area contributed by atoms with Gasteiger partial charge in [0.05, 0.1) is 19.5 Å². The fraction of sp³-hybridized carbons (Fsp3) is 0.538. The number of fused-ring (bicyclic) bond motifs is 1. The minimum atomic E-state index is -4.20. The first kappa shape index (κ1) is 19.4. The Bertz CT molecular complexity index is 760. The molecule has 0 saturated carbocycles. The number of imidazole rings is 1. The van der Waals surface area contributed by atoms with Crippen LogP contribution in [0.3, 0.4) is 0 Å². The van der Waals surface area contributed by atoms with Gasteiger partial charge in [-0.1, -0.05) is 13.3 Å². The average Bonchev–Trinajstić information content (AvgIpc) is 2.98. The van der Waals surface area contributed by atoms with E-state index in [4.69, 9.17) is 19.4 Å². The molecular formula is C13H20N5O6P. The van der Waals surface area contributed by atoms with Crippen molar-refractivity contribution in [1.29, 1.82) is 0 Å². The van der Waals surface area contributed by atoms with Gasteiger partial charge in [-0.15, -0.1) is 0 Å². The summed E-state index contributed by atoms with van der Waals surface area (Å²) in [5, 5.41) is 0. The first-order chi connectivity index (χ1) is 11.9. The lowest BCUT2D eigenvalue weighted by atomic mass is 10.3. The van der Waals surface area contributed by atoms with Gasteiger partial charge in [0.25, 0.3) is 5.91 Å². The van der Waals surface area contributed by atoms with Gasteiger partial charge in [-0.3, -0.25) is 14.2 Å². The predicted molar refractivity (Wildman–Crippen MR) is 86.5 cm³/mol. The van der Waals surface area contributed by atoms with Crippen molar-refractivity contribution in [3.05, 3.63) is 18.3 Å². The SMILES string of the molecule is CCCCONC(=O)c1ncnc2c1ncn2CCOCP(=O)(O)O. The molecule has 2 aromatic heterocycles.